The van der Waals surface area contributed by atoms with Crippen LogP contribution in [0, 0.1) is 5.92 Å². The Bertz CT molecular complexity index is 226. The molecule has 1 unspecified atom stereocenters. The van der Waals surface area contributed by atoms with Crippen LogP contribution in [0.2, 0.25) is 0 Å². The third kappa shape index (κ3) is 4.59. The highest BCUT2D eigenvalue weighted by molar-refractivity contribution is 7.89. The Kier molecular flexibility index (Phi) is 5.51. The topological polar surface area (TPSA) is 63.4 Å². The maximum Gasteiger partial charge on any atom is 0.215 e. The van der Waals surface area contributed by atoms with Crippen molar-refractivity contribution < 1.29 is 8.42 Å². The fourth-order valence-electron chi connectivity index (χ4n) is 0.986. The lowest BCUT2D eigenvalue weighted by Crippen LogP contribution is -2.34. The molecule has 0 bridgehead atoms. The molecule has 0 aliphatic rings. The van der Waals surface area contributed by atoms with Gasteiger partial charge >= 0.3 is 0 Å². The van der Waals surface area contributed by atoms with Crippen molar-refractivity contribution in [2.45, 2.75) is 20.3 Å². The molecular formula is C8H20N2O2S. The second kappa shape index (κ2) is 5.57. The Morgan fingerprint density at radius 2 is 2.00 bits per heavy atom. The largest absolute Gasteiger partial charge is 0.329 e. The van der Waals surface area contributed by atoms with E-state index in [0.29, 0.717) is 12.5 Å². The van der Waals surface area contributed by atoms with E-state index in [1.165, 1.54) is 4.31 Å². The van der Waals surface area contributed by atoms with Crippen LogP contribution in [-0.2, 0) is 10.0 Å². The molecule has 80 valence electrons. The molecule has 4 nitrogen and oxygen atoms in total. The zero-order chi connectivity index (χ0) is 10.5. The number of rotatable bonds is 6. The average molecular weight is 208 g/mol. The first-order valence-corrected chi connectivity index (χ1v) is 6.19. The number of nitrogens with two attached hydrogens (primary N) is 1. The van der Waals surface area contributed by atoms with E-state index in [0.717, 1.165) is 6.42 Å². The fraction of sp³-hybridized carbons (Fsp3) is 1.00. The summed E-state index contributed by atoms with van der Waals surface area (Å²) in [5, 5.41) is 0. The van der Waals surface area contributed by atoms with Gasteiger partial charge in [0.15, 0.2) is 0 Å². The van der Waals surface area contributed by atoms with Crippen molar-refractivity contribution >= 4 is 10.0 Å². The maximum atomic E-state index is 11.4. The van der Waals surface area contributed by atoms with Gasteiger partial charge in [-0.25, -0.2) is 12.7 Å². The van der Waals surface area contributed by atoms with Gasteiger partial charge < -0.3 is 5.73 Å². The van der Waals surface area contributed by atoms with Gasteiger partial charge in [0.2, 0.25) is 10.0 Å². The highest BCUT2D eigenvalue weighted by atomic mass is 32.2. The number of hydrogen-bond acceptors (Lipinski definition) is 3. The van der Waals surface area contributed by atoms with Crippen LogP contribution in [0.3, 0.4) is 0 Å². The highest BCUT2D eigenvalue weighted by Crippen LogP contribution is 2.06. The van der Waals surface area contributed by atoms with E-state index >= 15 is 0 Å². The second-order valence-corrected chi connectivity index (χ2v) is 5.59. The fourth-order valence-corrected chi connectivity index (χ4v) is 2.08. The number of hydrogen-bond donors (Lipinski definition) is 1. The second-order valence-electron chi connectivity index (χ2n) is 3.40. The van der Waals surface area contributed by atoms with Crippen molar-refractivity contribution in [1.82, 2.24) is 4.31 Å². The average Bonchev–Trinajstić information content (AvgIpc) is 2.04. The van der Waals surface area contributed by atoms with Gasteiger partial charge in [-0.3, -0.25) is 0 Å². The van der Waals surface area contributed by atoms with E-state index in [-0.39, 0.29) is 12.3 Å². The molecule has 5 heteroatoms. The van der Waals surface area contributed by atoms with Crippen molar-refractivity contribution in [3.05, 3.63) is 0 Å². The smallest absolute Gasteiger partial charge is 0.215 e. The van der Waals surface area contributed by atoms with Crippen LogP contribution in [0.5, 0.6) is 0 Å². The third-order valence-corrected chi connectivity index (χ3v) is 3.97. The van der Waals surface area contributed by atoms with Gasteiger partial charge in [0.25, 0.3) is 0 Å². The SMILES string of the molecule is CCC(C)CN(C)S(=O)(=O)CCN. The molecule has 0 radical (unpaired) electrons. The van der Waals surface area contributed by atoms with E-state index in [4.69, 9.17) is 5.73 Å². The minimum Gasteiger partial charge on any atom is -0.329 e. The number of nitrogens with zero attached hydrogens (tertiary/aromatic N) is 1. The van der Waals surface area contributed by atoms with Crippen LogP contribution >= 0.6 is 0 Å². The van der Waals surface area contributed by atoms with Crippen molar-refractivity contribution in [1.29, 1.82) is 0 Å². The molecule has 0 heterocycles. The van der Waals surface area contributed by atoms with Crippen molar-refractivity contribution in [3.8, 4) is 0 Å². The molecule has 0 saturated heterocycles. The van der Waals surface area contributed by atoms with E-state index in [2.05, 4.69) is 0 Å². The molecule has 0 aliphatic heterocycles. The van der Waals surface area contributed by atoms with Crippen LogP contribution in [0.1, 0.15) is 20.3 Å². The zero-order valence-electron chi connectivity index (χ0n) is 8.66. The molecule has 0 spiro atoms. The van der Waals surface area contributed by atoms with E-state index in [1.807, 2.05) is 13.8 Å². The summed E-state index contributed by atoms with van der Waals surface area (Å²) < 4.78 is 24.3. The summed E-state index contributed by atoms with van der Waals surface area (Å²) in [5.74, 6) is 0.442. The predicted octanol–water partition coefficient (Wildman–Crippen LogP) is 0.253. The van der Waals surface area contributed by atoms with Gasteiger partial charge in [0.05, 0.1) is 5.75 Å². The van der Waals surface area contributed by atoms with Crippen LogP contribution in [0.25, 0.3) is 0 Å². The minimum absolute atomic E-state index is 0.0416. The molecule has 0 amide bonds. The molecule has 13 heavy (non-hydrogen) atoms. The van der Waals surface area contributed by atoms with E-state index in [1.54, 1.807) is 7.05 Å². The van der Waals surface area contributed by atoms with Crippen LogP contribution in [0.15, 0.2) is 0 Å². The predicted molar refractivity (Wildman–Crippen MR) is 54.9 cm³/mol. The summed E-state index contributed by atoms with van der Waals surface area (Å²) in [5.41, 5.74) is 5.21. The van der Waals surface area contributed by atoms with Crippen LogP contribution in [0.4, 0.5) is 0 Å². The molecule has 0 fully saturated rings. The minimum atomic E-state index is -3.11. The van der Waals surface area contributed by atoms with E-state index < -0.39 is 10.0 Å². The quantitative estimate of drug-likeness (QED) is 0.680. The molecule has 2 N–H and O–H groups in total. The van der Waals surface area contributed by atoms with Crippen molar-refractivity contribution in [2.24, 2.45) is 11.7 Å². The Morgan fingerprint density at radius 3 is 2.38 bits per heavy atom. The Labute approximate surface area is 81.2 Å². The van der Waals surface area contributed by atoms with Gasteiger partial charge in [-0.1, -0.05) is 20.3 Å². The lowest BCUT2D eigenvalue weighted by Gasteiger charge is -2.19. The highest BCUT2D eigenvalue weighted by Gasteiger charge is 2.17. The molecule has 0 aromatic rings. The molecular weight excluding hydrogens is 188 g/mol. The molecule has 0 rings (SSSR count). The van der Waals surface area contributed by atoms with Crippen LogP contribution in [-0.4, -0.2) is 38.6 Å². The zero-order valence-corrected chi connectivity index (χ0v) is 9.47. The molecule has 1 atom stereocenters. The first kappa shape index (κ1) is 12.9. The normalized spacial score (nSPS) is 14.8. The number of sulfonamides is 1. The molecule has 0 aromatic heterocycles. The summed E-state index contributed by atoms with van der Waals surface area (Å²) in [6, 6.07) is 0. The van der Waals surface area contributed by atoms with Crippen molar-refractivity contribution in [3.63, 3.8) is 0 Å². The lowest BCUT2D eigenvalue weighted by molar-refractivity contribution is 0.394. The first-order chi connectivity index (χ1) is 5.94. The van der Waals surface area contributed by atoms with E-state index in [9.17, 15) is 8.42 Å². The Balaban J connectivity index is 4.17. The molecule has 0 aliphatic carbocycles. The Morgan fingerprint density at radius 1 is 1.46 bits per heavy atom. The third-order valence-electron chi connectivity index (χ3n) is 2.12. The Hall–Kier alpha value is -0.130. The van der Waals surface area contributed by atoms with Gasteiger partial charge in [-0.15, -0.1) is 0 Å². The standard InChI is InChI=1S/C8H20N2O2S/c1-4-8(2)7-10(3)13(11,12)6-5-9/h8H,4-7,9H2,1-3H3. The summed E-state index contributed by atoms with van der Waals surface area (Å²) in [7, 11) is -1.50. The monoisotopic (exact) mass is 208 g/mol. The molecule has 0 saturated carbocycles. The summed E-state index contributed by atoms with van der Waals surface area (Å²) in [4.78, 5) is 0. The summed E-state index contributed by atoms with van der Waals surface area (Å²) >= 11 is 0. The molecule has 0 aromatic carbocycles. The van der Waals surface area contributed by atoms with Gasteiger partial charge in [-0.2, -0.15) is 0 Å². The van der Waals surface area contributed by atoms with Gasteiger partial charge in [0.1, 0.15) is 0 Å². The van der Waals surface area contributed by atoms with Gasteiger partial charge in [-0.05, 0) is 5.92 Å². The summed E-state index contributed by atoms with van der Waals surface area (Å²) in [6.45, 7) is 4.86. The van der Waals surface area contributed by atoms with Gasteiger partial charge in [0, 0.05) is 20.1 Å². The lowest BCUT2D eigenvalue weighted by atomic mass is 10.1. The van der Waals surface area contributed by atoms with Crippen LogP contribution < -0.4 is 5.73 Å². The summed E-state index contributed by atoms with van der Waals surface area (Å²) in [6.07, 6.45) is 0.989. The maximum absolute atomic E-state index is 11.4. The first-order valence-electron chi connectivity index (χ1n) is 4.58. The van der Waals surface area contributed by atoms with Crippen molar-refractivity contribution in [2.75, 3.05) is 25.9 Å².